The molecule has 106 valence electrons. The normalized spacial score (nSPS) is 12.5. The number of benzene rings is 1. The zero-order valence-corrected chi connectivity index (χ0v) is 11.6. The molecule has 0 saturated heterocycles. The molecule has 5 nitrogen and oxygen atoms in total. The van der Waals surface area contributed by atoms with Crippen molar-refractivity contribution in [2.75, 3.05) is 6.61 Å². The summed E-state index contributed by atoms with van der Waals surface area (Å²) >= 11 is 0. The van der Waals surface area contributed by atoms with Gasteiger partial charge in [0.05, 0.1) is 17.6 Å². The number of nitrogens with zero attached hydrogens (tertiary/aromatic N) is 1. The van der Waals surface area contributed by atoms with Crippen LogP contribution in [0.15, 0.2) is 18.2 Å². The van der Waals surface area contributed by atoms with Crippen LogP contribution in [0.3, 0.4) is 0 Å². The Morgan fingerprint density at radius 2 is 2.00 bits per heavy atom. The van der Waals surface area contributed by atoms with Crippen LogP contribution in [-0.2, 0) is 0 Å². The Kier molecular flexibility index (Phi) is 5.76. The van der Waals surface area contributed by atoms with Crippen molar-refractivity contribution in [3.05, 3.63) is 33.9 Å². The lowest BCUT2D eigenvalue weighted by Crippen LogP contribution is -2.11. The Labute approximate surface area is 113 Å². The fraction of sp³-hybridized carbons (Fsp3) is 0.571. The van der Waals surface area contributed by atoms with Gasteiger partial charge in [0.25, 0.3) is 5.69 Å². The Morgan fingerprint density at radius 3 is 2.47 bits per heavy atom. The van der Waals surface area contributed by atoms with Crippen molar-refractivity contribution in [3.8, 4) is 5.75 Å². The predicted molar refractivity (Wildman–Crippen MR) is 73.3 cm³/mol. The van der Waals surface area contributed by atoms with E-state index in [0.29, 0.717) is 23.8 Å². The van der Waals surface area contributed by atoms with Crippen molar-refractivity contribution in [2.24, 2.45) is 5.92 Å². The Morgan fingerprint density at radius 1 is 1.37 bits per heavy atom. The molecule has 0 bridgehead atoms. The first-order valence-corrected chi connectivity index (χ1v) is 6.58. The van der Waals surface area contributed by atoms with Crippen LogP contribution in [0.1, 0.15) is 45.3 Å². The monoisotopic (exact) mass is 267 g/mol. The zero-order chi connectivity index (χ0) is 14.4. The van der Waals surface area contributed by atoms with Gasteiger partial charge in [0.15, 0.2) is 0 Å². The predicted octanol–water partition coefficient (Wildman–Crippen LogP) is 3.46. The fourth-order valence-corrected chi connectivity index (χ4v) is 1.84. The van der Waals surface area contributed by atoms with E-state index in [-0.39, 0.29) is 5.69 Å². The minimum absolute atomic E-state index is 0.0363. The molecule has 0 aliphatic heterocycles. The molecule has 0 heterocycles. The van der Waals surface area contributed by atoms with E-state index in [1.54, 1.807) is 13.0 Å². The van der Waals surface area contributed by atoms with Gasteiger partial charge >= 0.3 is 0 Å². The van der Waals surface area contributed by atoms with Gasteiger partial charge in [0.1, 0.15) is 5.75 Å². The third-order valence-corrected chi connectivity index (χ3v) is 3.28. The van der Waals surface area contributed by atoms with Crippen LogP contribution >= 0.6 is 0 Å². The van der Waals surface area contributed by atoms with Crippen LogP contribution in [0, 0.1) is 16.0 Å². The van der Waals surface area contributed by atoms with Crippen molar-refractivity contribution in [2.45, 2.75) is 39.7 Å². The summed E-state index contributed by atoms with van der Waals surface area (Å²) in [7, 11) is 0. The van der Waals surface area contributed by atoms with Gasteiger partial charge in [0.2, 0.25) is 0 Å². The average molecular weight is 267 g/mol. The average Bonchev–Trinajstić information content (AvgIpc) is 2.39. The highest BCUT2D eigenvalue weighted by Gasteiger charge is 2.16. The molecule has 5 heteroatoms. The van der Waals surface area contributed by atoms with E-state index in [1.807, 2.05) is 0 Å². The lowest BCUT2D eigenvalue weighted by Gasteiger charge is -2.17. The van der Waals surface area contributed by atoms with Crippen LogP contribution in [0.2, 0.25) is 0 Å². The van der Waals surface area contributed by atoms with Crippen molar-refractivity contribution >= 4 is 5.69 Å². The number of ether oxygens (including phenoxy) is 1. The van der Waals surface area contributed by atoms with Gasteiger partial charge in [-0.25, -0.2) is 0 Å². The SMILES string of the molecule is CCC(CC)COc1ccc([N+](=O)[O-])cc1[C@@H](C)O. The first kappa shape index (κ1) is 15.4. The number of rotatable bonds is 7. The number of nitro groups is 1. The molecular formula is C14H21NO4. The molecule has 0 amide bonds. The summed E-state index contributed by atoms with van der Waals surface area (Å²) in [4.78, 5) is 10.3. The van der Waals surface area contributed by atoms with Crippen LogP contribution in [0.4, 0.5) is 5.69 Å². The maximum atomic E-state index is 10.7. The van der Waals surface area contributed by atoms with Crippen LogP contribution in [-0.4, -0.2) is 16.6 Å². The molecule has 1 aromatic carbocycles. The third kappa shape index (κ3) is 4.21. The largest absolute Gasteiger partial charge is 0.493 e. The Hall–Kier alpha value is -1.62. The van der Waals surface area contributed by atoms with Gasteiger partial charge in [-0.05, 0) is 18.9 Å². The second kappa shape index (κ2) is 7.09. The zero-order valence-electron chi connectivity index (χ0n) is 11.6. The number of non-ortho nitro benzene ring substituents is 1. The molecule has 0 unspecified atom stereocenters. The Balaban J connectivity index is 2.91. The second-order valence-electron chi connectivity index (χ2n) is 4.65. The van der Waals surface area contributed by atoms with E-state index < -0.39 is 11.0 Å². The van der Waals surface area contributed by atoms with E-state index >= 15 is 0 Å². The number of nitro benzene ring substituents is 1. The highest BCUT2D eigenvalue weighted by atomic mass is 16.6. The maximum absolute atomic E-state index is 10.7. The standard InChI is InChI=1S/C14H21NO4/c1-4-11(5-2)9-19-14-7-6-12(15(17)18)8-13(14)10(3)16/h6-8,10-11,16H,4-5,9H2,1-3H3/t10-/m1/s1. The quantitative estimate of drug-likeness (QED) is 0.606. The molecule has 1 N–H and O–H groups in total. The molecule has 19 heavy (non-hydrogen) atoms. The molecule has 0 aromatic heterocycles. The minimum Gasteiger partial charge on any atom is -0.493 e. The molecule has 0 spiro atoms. The summed E-state index contributed by atoms with van der Waals surface area (Å²) in [5.41, 5.74) is 0.422. The molecule has 0 saturated carbocycles. The van der Waals surface area contributed by atoms with Crippen LogP contribution in [0.25, 0.3) is 0 Å². The molecule has 0 aliphatic rings. The van der Waals surface area contributed by atoms with Gasteiger partial charge in [-0.3, -0.25) is 10.1 Å². The summed E-state index contributed by atoms with van der Waals surface area (Å²) in [5, 5.41) is 20.4. The molecule has 1 atom stereocenters. The summed E-state index contributed by atoms with van der Waals surface area (Å²) < 4.78 is 5.69. The fourth-order valence-electron chi connectivity index (χ4n) is 1.84. The van der Waals surface area contributed by atoms with E-state index in [2.05, 4.69) is 13.8 Å². The molecular weight excluding hydrogens is 246 g/mol. The summed E-state index contributed by atoms with van der Waals surface area (Å²) in [6.07, 6.45) is 1.25. The van der Waals surface area contributed by atoms with Crippen molar-refractivity contribution < 1.29 is 14.8 Å². The minimum atomic E-state index is -0.795. The van der Waals surface area contributed by atoms with Gasteiger partial charge < -0.3 is 9.84 Å². The van der Waals surface area contributed by atoms with Gasteiger partial charge in [-0.2, -0.15) is 0 Å². The van der Waals surface area contributed by atoms with Crippen LogP contribution < -0.4 is 4.74 Å². The van der Waals surface area contributed by atoms with Gasteiger partial charge in [-0.1, -0.05) is 26.7 Å². The lowest BCUT2D eigenvalue weighted by atomic mass is 10.0. The summed E-state index contributed by atoms with van der Waals surface area (Å²) in [5.74, 6) is 0.976. The molecule has 0 fully saturated rings. The van der Waals surface area contributed by atoms with E-state index in [9.17, 15) is 15.2 Å². The maximum Gasteiger partial charge on any atom is 0.270 e. The first-order valence-electron chi connectivity index (χ1n) is 6.58. The molecule has 0 radical (unpaired) electrons. The Bertz CT molecular complexity index is 427. The van der Waals surface area contributed by atoms with Gasteiger partial charge in [0, 0.05) is 17.7 Å². The second-order valence-corrected chi connectivity index (χ2v) is 4.65. The number of hydrogen-bond donors (Lipinski definition) is 1. The van der Waals surface area contributed by atoms with Crippen LogP contribution in [0.5, 0.6) is 5.75 Å². The number of hydrogen-bond acceptors (Lipinski definition) is 4. The topological polar surface area (TPSA) is 72.6 Å². The lowest BCUT2D eigenvalue weighted by molar-refractivity contribution is -0.385. The van der Waals surface area contributed by atoms with E-state index in [0.717, 1.165) is 12.8 Å². The molecule has 1 aromatic rings. The molecule has 0 aliphatic carbocycles. The van der Waals surface area contributed by atoms with E-state index in [1.165, 1.54) is 12.1 Å². The summed E-state index contributed by atoms with van der Waals surface area (Å²) in [6.45, 7) is 6.33. The van der Waals surface area contributed by atoms with E-state index in [4.69, 9.17) is 4.74 Å². The first-order chi connectivity index (χ1) is 8.99. The third-order valence-electron chi connectivity index (χ3n) is 3.28. The van der Waals surface area contributed by atoms with Gasteiger partial charge in [-0.15, -0.1) is 0 Å². The summed E-state index contributed by atoms with van der Waals surface area (Å²) in [6, 6.07) is 4.32. The van der Waals surface area contributed by atoms with Crippen molar-refractivity contribution in [3.63, 3.8) is 0 Å². The molecule has 1 rings (SSSR count). The number of aliphatic hydroxyl groups excluding tert-OH is 1. The smallest absolute Gasteiger partial charge is 0.270 e. The van der Waals surface area contributed by atoms with Crippen molar-refractivity contribution in [1.82, 2.24) is 0 Å². The number of aliphatic hydroxyl groups is 1. The van der Waals surface area contributed by atoms with Crippen molar-refractivity contribution in [1.29, 1.82) is 0 Å². The highest BCUT2D eigenvalue weighted by molar-refractivity contribution is 5.44. The highest BCUT2D eigenvalue weighted by Crippen LogP contribution is 2.29.